The van der Waals surface area contributed by atoms with E-state index >= 15 is 0 Å². The number of benzene rings is 1. The molecule has 1 aromatic carbocycles. The number of rotatable bonds is 6. The van der Waals surface area contributed by atoms with E-state index in [2.05, 4.69) is 15.3 Å². The fourth-order valence-electron chi connectivity index (χ4n) is 3.94. The van der Waals surface area contributed by atoms with Crippen molar-refractivity contribution in [2.24, 2.45) is 0 Å². The van der Waals surface area contributed by atoms with Crippen LogP contribution in [0, 0.1) is 6.92 Å². The van der Waals surface area contributed by atoms with Gasteiger partial charge in [0.2, 0.25) is 0 Å². The van der Waals surface area contributed by atoms with E-state index < -0.39 is 0 Å². The van der Waals surface area contributed by atoms with Crippen molar-refractivity contribution in [3.8, 4) is 0 Å². The Morgan fingerprint density at radius 2 is 1.83 bits per heavy atom. The van der Waals surface area contributed by atoms with Gasteiger partial charge in [-0.3, -0.25) is 24.2 Å². The molecule has 1 fully saturated rings. The van der Waals surface area contributed by atoms with Gasteiger partial charge in [-0.25, -0.2) is 4.98 Å². The maximum absolute atomic E-state index is 13.0. The van der Waals surface area contributed by atoms with Crippen molar-refractivity contribution in [1.82, 2.24) is 19.7 Å². The lowest BCUT2D eigenvalue weighted by Crippen LogP contribution is -2.48. The van der Waals surface area contributed by atoms with E-state index in [1.807, 2.05) is 18.7 Å². The molecule has 0 saturated carbocycles. The van der Waals surface area contributed by atoms with Gasteiger partial charge in [-0.1, -0.05) is 13.3 Å². The number of imide groups is 1. The molecule has 0 spiro atoms. The molecule has 0 N–H and O–H groups in total. The van der Waals surface area contributed by atoms with Gasteiger partial charge in [0.15, 0.2) is 0 Å². The van der Waals surface area contributed by atoms with E-state index in [9.17, 15) is 14.4 Å². The Labute approximate surface area is 180 Å². The zero-order valence-electron chi connectivity index (χ0n) is 17.4. The standard InChI is InChI=1S/C22H26N4O3S/c1-3-4-7-26-21(28)18-6-5-16(12-19(18)22(26)29)20(27)25-10-8-24(9-11-25)13-17-14-30-15(2)23-17/h5-6,12,14H,3-4,7-11,13H2,1-2H3. The first kappa shape index (κ1) is 20.7. The van der Waals surface area contributed by atoms with Crippen LogP contribution in [0.4, 0.5) is 0 Å². The minimum absolute atomic E-state index is 0.0887. The molecule has 4 rings (SSSR count). The molecule has 7 nitrogen and oxygen atoms in total. The summed E-state index contributed by atoms with van der Waals surface area (Å²) in [5.74, 6) is -0.635. The van der Waals surface area contributed by atoms with Crippen molar-refractivity contribution >= 4 is 29.1 Å². The Bertz CT molecular complexity index is 979. The molecule has 2 aliphatic heterocycles. The Morgan fingerprint density at radius 1 is 1.10 bits per heavy atom. The number of aromatic nitrogens is 1. The van der Waals surface area contributed by atoms with Crippen molar-refractivity contribution < 1.29 is 14.4 Å². The third-order valence-corrected chi connectivity index (χ3v) is 6.49. The van der Waals surface area contributed by atoms with Crippen LogP contribution in [0.5, 0.6) is 0 Å². The van der Waals surface area contributed by atoms with Gasteiger partial charge in [0, 0.05) is 50.2 Å². The molecule has 8 heteroatoms. The number of aryl methyl sites for hydroxylation is 1. The first-order chi connectivity index (χ1) is 14.5. The van der Waals surface area contributed by atoms with Crippen LogP contribution in [0.3, 0.4) is 0 Å². The predicted molar refractivity (Wildman–Crippen MR) is 115 cm³/mol. The van der Waals surface area contributed by atoms with Crippen molar-refractivity contribution in [2.75, 3.05) is 32.7 Å². The summed E-state index contributed by atoms with van der Waals surface area (Å²) < 4.78 is 0. The van der Waals surface area contributed by atoms with E-state index in [1.54, 1.807) is 29.5 Å². The second kappa shape index (κ2) is 8.65. The Kier molecular flexibility index (Phi) is 5.97. The second-order valence-corrected chi connectivity index (χ2v) is 8.86. The van der Waals surface area contributed by atoms with Gasteiger partial charge in [0.05, 0.1) is 21.8 Å². The highest BCUT2D eigenvalue weighted by molar-refractivity contribution is 7.09. The molecule has 0 aliphatic carbocycles. The number of carbonyl (C=O) groups excluding carboxylic acids is 3. The SMILES string of the molecule is CCCCN1C(=O)c2ccc(C(=O)N3CCN(Cc4csc(C)n4)CC3)cc2C1=O. The largest absolute Gasteiger partial charge is 0.336 e. The summed E-state index contributed by atoms with van der Waals surface area (Å²) in [6.07, 6.45) is 1.69. The molecule has 158 valence electrons. The summed E-state index contributed by atoms with van der Waals surface area (Å²) in [7, 11) is 0. The normalized spacial score (nSPS) is 17.0. The molecular formula is C22H26N4O3S. The zero-order valence-corrected chi connectivity index (χ0v) is 18.2. The molecule has 0 atom stereocenters. The number of hydrogen-bond donors (Lipinski definition) is 0. The highest BCUT2D eigenvalue weighted by Crippen LogP contribution is 2.25. The van der Waals surface area contributed by atoms with Crippen molar-refractivity contribution in [2.45, 2.75) is 33.2 Å². The molecule has 3 amide bonds. The summed E-state index contributed by atoms with van der Waals surface area (Å²) in [4.78, 5) is 48.1. The highest BCUT2D eigenvalue weighted by atomic mass is 32.1. The van der Waals surface area contributed by atoms with Gasteiger partial charge < -0.3 is 4.90 Å². The fourth-order valence-corrected chi connectivity index (χ4v) is 4.55. The van der Waals surface area contributed by atoms with Crippen molar-refractivity contribution in [3.05, 3.63) is 51.0 Å². The average Bonchev–Trinajstić information content (AvgIpc) is 3.27. The third kappa shape index (κ3) is 4.02. The third-order valence-electron chi connectivity index (χ3n) is 5.66. The molecular weight excluding hydrogens is 400 g/mol. The van der Waals surface area contributed by atoms with Crippen LogP contribution in [0.2, 0.25) is 0 Å². The van der Waals surface area contributed by atoms with Gasteiger partial charge in [-0.15, -0.1) is 11.3 Å². The fraction of sp³-hybridized carbons (Fsp3) is 0.455. The Hall–Kier alpha value is -2.58. The molecule has 1 saturated heterocycles. The molecule has 1 aromatic heterocycles. The average molecular weight is 427 g/mol. The molecule has 0 radical (unpaired) electrons. The minimum Gasteiger partial charge on any atom is -0.336 e. The van der Waals surface area contributed by atoms with Crippen molar-refractivity contribution in [3.63, 3.8) is 0 Å². The van der Waals surface area contributed by atoms with Crippen LogP contribution in [0.1, 0.15) is 61.5 Å². The summed E-state index contributed by atoms with van der Waals surface area (Å²) in [5, 5.41) is 3.15. The summed E-state index contributed by atoms with van der Waals surface area (Å²) in [6, 6.07) is 4.88. The number of carbonyl (C=O) groups is 3. The van der Waals surface area contributed by atoms with Gasteiger partial charge in [0.1, 0.15) is 0 Å². The van der Waals surface area contributed by atoms with E-state index in [4.69, 9.17) is 0 Å². The smallest absolute Gasteiger partial charge is 0.261 e. The number of nitrogens with zero attached hydrogens (tertiary/aromatic N) is 4. The molecule has 30 heavy (non-hydrogen) atoms. The number of hydrogen-bond acceptors (Lipinski definition) is 6. The molecule has 0 unspecified atom stereocenters. The first-order valence-corrected chi connectivity index (χ1v) is 11.3. The number of piperazine rings is 1. The number of amides is 3. The number of fused-ring (bicyclic) bond motifs is 1. The minimum atomic E-state index is -0.290. The van der Waals surface area contributed by atoms with E-state index in [0.29, 0.717) is 36.3 Å². The summed E-state index contributed by atoms with van der Waals surface area (Å²) in [5.41, 5.74) is 2.29. The maximum atomic E-state index is 13.0. The highest BCUT2D eigenvalue weighted by Gasteiger charge is 2.36. The van der Waals surface area contributed by atoms with E-state index in [1.165, 1.54) is 4.90 Å². The predicted octanol–water partition coefficient (Wildman–Crippen LogP) is 2.81. The molecule has 2 aromatic rings. The van der Waals surface area contributed by atoms with Crippen molar-refractivity contribution in [1.29, 1.82) is 0 Å². The van der Waals surface area contributed by atoms with Crippen LogP contribution >= 0.6 is 11.3 Å². The Balaban J connectivity index is 1.40. The van der Waals surface area contributed by atoms with Gasteiger partial charge in [-0.2, -0.15) is 0 Å². The lowest BCUT2D eigenvalue weighted by Gasteiger charge is -2.34. The number of thiazole rings is 1. The van der Waals surface area contributed by atoms with Crippen LogP contribution < -0.4 is 0 Å². The van der Waals surface area contributed by atoms with Gasteiger partial charge in [0.25, 0.3) is 17.7 Å². The molecule has 3 heterocycles. The number of unbranched alkanes of at least 4 members (excludes halogenated alkanes) is 1. The Morgan fingerprint density at radius 3 is 2.50 bits per heavy atom. The monoisotopic (exact) mass is 426 g/mol. The zero-order chi connectivity index (χ0) is 21.3. The summed E-state index contributed by atoms with van der Waals surface area (Å²) >= 11 is 1.65. The second-order valence-electron chi connectivity index (χ2n) is 7.80. The van der Waals surface area contributed by atoms with Crippen LogP contribution in [-0.4, -0.2) is 70.1 Å². The lowest BCUT2D eigenvalue weighted by molar-refractivity contribution is 0.0625. The van der Waals surface area contributed by atoms with E-state index in [0.717, 1.165) is 43.2 Å². The van der Waals surface area contributed by atoms with Crippen LogP contribution in [0.15, 0.2) is 23.6 Å². The quantitative estimate of drug-likeness (QED) is 0.664. The van der Waals surface area contributed by atoms with Crippen LogP contribution in [0.25, 0.3) is 0 Å². The maximum Gasteiger partial charge on any atom is 0.261 e. The first-order valence-electron chi connectivity index (χ1n) is 10.4. The van der Waals surface area contributed by atoms with Crippen LogP contribution in [-0.2, 0) is 6.54 Å². The summed E-state index contributed by atoms with van der Waals surface area (Å²) in [6.45, 7) is 8.09. The van der Waals surface area contributed by atoms with Gasteiger partial charge in [-0.05, 0) is 31.5 Å². The topological polar surface area (TPSA) is 73.8 Å². The molecule has 2 aliphatic rings. The van der Waals surface area contributed by atoms with E-state index in [-0.39, 0.29) is 17.7 Å². The van der Waals surface area contributed by atoms with Gasteiger partial charge >= 0.3 is 0 Å². The lowest BCUT2D eigenvalue weighted by atomic mass is 10.0. The molecule has 0 bridgehead atoms.